The second-order valence-corrected chi connectivity index (χ2v) is 11.3. The third-order valence-corrected chi connectivity index (χ3v) is 6.83. The number of benzene rings is 1. The molecule has 1 atom stereocenters. The van der Waals surface area contributed by atoms with E-state index in [-0.39, 0.29) is 24.0 Å². The first-order chi connectivity index (χ1) is 20.5. The Balaban J connectivity index is 1.15. The van der Waals surface area contributed by atoms with Crippen LogP contribution in [-0.4, -0.2) is 94.2 Å². The van der Waals surface area contributed by atoms with Gasteiger partial charge in [0.25, 0.3) is 11.8 Å². The quantitative estimate of drug-likeness (QED) is 0.239. The first-order valence-electron chi connectivity index (χ1n) is 14.4. The number of aromatic nitrogens is 3. The van der Waals surface area contributed by atoms with Gasteiger partial charge in [-0.1, -0.05) is 11.3 Å². The molecule has 1 aromatic heterocycles. The highest BCUT2D eigenvalue weighted by Gasteiger charge is 2.44. The van der Waals surface area contributed by atoms with Crippen LogP contribution in [0, 0.1) is 0 Å². The van der Waals surface area contributed by atoms with Gasteiger partial charge in [-0.15, -0.1) is 5.10 Å². The van der Waals surface area contributed by atoms with E-state index >= 15 is 0 Å². The van der Waals surface area contributed by atoms with Crippen molar-refractivity contribution in [2.24, 2.45) is 0 Å². The highest BCUT2D eigenvalue weighted by atomic mass is 16.6. The summed E-state index contributed by atoms with van der Waals surface area (Å²) in [5.74, 6) is -2.06. The first kappa shape index (κ1) is 31.8. The summed E-state index contributed by atoms with van der Waals surface area (Å²) in [6.45, 7) is 7.85. The third-order valence-electron chi connectivity index (χ3n) is 6.83. The number of hydrogen-bond acceptors (Lipinski definition) is 10. The Kier molecular flexibility index (Phi) is 10.6. The first-order valence-corrected chi connectivity index (χ1v) is 14.4. The zero-order valence-electron chi connectivity index (χ0n) is 24.7. The predicted octanol–water partition coefficient (Wildman–Crippen LogP) is 1.41. The highest BCUT2D eigenvalue weighted by Crippen LogP contribution is 2.28. The number of amides is 5. The van der Waals surface area contributed by atoms with Crippen molar-refractivity contribution in [3.63, 3.8) is 0 Å². The molecule has 1 aromatic carbocycles. The summed E-state index contributed by atoms with van der Waals surface area (Å²) in [4.78, 5) is 62.2. The van der Waals surface area contributed by atoms with Gasteiger partial charge in [-0.25, -0.2) is 9.48 Å². The van der Waals surface area contributed by atoms with Gasteiger partial charge >= 0.3 is 6.09 Å². The molecule has 43 heavy (non-hydrogen) atoms. The maximum atomic E-state index is 13.1. The molecular formula is C29H38N6O8. The Hall–Kier alpha value is -4.17. The number of hydrogen-bond donors (Lipinski definition) is 2. The molecule has 14 nitrogen and oxygen atoms in total. The van der Waals surface area contributed by atoms with Gasteiger partial charge in [-0.05, 0) is 64.2 Å². The zero-order valence-corrected chi connectivity index (χ0v) is 24.7. The summed E-state index contributed by atoms with van der Waals surface area (Å²) < 4.78 is 18.0. The van der Waals surface area contributed by atoms with E-state index in [9.17, 15) is 24.0 Å². The second kappa shape index (κ2) is 14.3. The fourth-order valence-corrected chi connectivity index (χ4v) is 4.82. The van der Waals surface area contributed by atoms with Crippen molar-refractivity contribution in [2.75, 3.05) is 33.0 Å². The minimum atomic E-state index is -0.981. The molecule has 3 heterocycles. The van der Waals surface area contributed by atoms with E-state index in [0.29, 0.717) is 52.4 Å². The Bertz CT molecular complexity index is 1350. The molecule has 0 saturated carbocycles. The van der Waals surface area contributed by atoms with Crippen LogP contribution in [0.4, 0.5) is 4.79 Å². The van der Waals surface area contributed by atoms with Gasteiger partial charge in [-0.3, -0.25) is 29.4 Å². The molecule has 5 amide bonds. The molecule has 2 aliphatic rings. The Morgan fingerprint density at radius 1 is 1.02 bits per heavy atom. The Morgan fingerprint density at radius 2 is 1.77 bits per heavy atom. The molecule has 0 aliphatic carbocycles. The van der Waals surface area contributed by atoms with Gasteiger partial charge in [0.1, 0.15) is 11.6 Å². The number of ether oxygens (including phenoxy) is 3. The SMILES string of the molecule is CC(C)(C)OC(=O)NCCOCCOCCn1nncc1CCCc1ccc2c(c1)C(=O)N(C1CCC(=O)NC1=O)C2=O. The van der Waals surface area contributed by atoms with Crippen LogP contribution in [0.5, 0.6) is 0 Å². The summed E-state index contributed by atoms with van der Waals surface area (Å²) in [6, 6.07) is 4.17. The molecule has 1 unspecified atom stereocenters. The lowest BCUT2D eigenvalue weighted by atomic mass is 10.0. The number of rotatable bonds is 14. The van der Waals surface area contributed by atoms with Crippen LogP contribution >= 0.6 is 0 Å². The zero-order chi connectivity index (χ0) is 31.0. The Morgan fingerprint density at radius 3 is 2.51 bits per heavy atom. The summed E-state index contributed by atoms with van der Waals surface area (Å²) in [7, 11) is 0. The minimum Gasteiger partial charge on any atom is -0.444 e. The maximum Gasteiger partial charge on any atom is 0.407 e. The van der Waals surface area contributed by atoms with Crippen LogP contribution in [0.3, 0.4) is 0 Å². The highest BCUT2D eigenvalue weighted by molar-refractivity contribution is 6.23. The summed E-state index contributed by atoms with van der Waals surface area (Å²) in [6.07, 6.45) is 3.56. The molecule has 2 N–H and O–H groups in total. The largest absolute Gasteiger partial charge is 0.444 e. The molecule has 0 radical (unpaired) electrons. The molecular weight excluding hydrogens is 560 g/mol. The van der Waals surface area contributed by atoms with Gasteiger partial charge in [0, 0.05) is 13.0 Å². The van der Waals surface area contributed by atoms with Gasteiger partial charge in [0.05, 0.1) is 56.0 Å². The average molecular weight is 599 g/mol. The summed E-state index contributed by atoms with van der Waals surface area (Å²) in [5.41, 5.74) is 1.85. The molecule has 2 aliphatic heterocycles. The van der Waals surface area contributed by atoms with E-state index in [1.54, 1.807) is 43.8 Å². The maximum absolute atomic E-state index is 13.1. The fourth-order valence-electron chi connectivity index (χ4n) is 4.82. The number of carbonyl (C=O) groups excluding carboxylic acids is 5. The number of nitrogens with zero attached hydrogens (tertiary/aromatic N) is 4. The fraction of sp³-hybridized carbons (Fsp3) is 0.552. The number of aryl methyl sites for hydroxylation is 2. The normalized spacial score (nSPS) is 16.8. The van der Waals surface area contributed by atoms with Gasteiger partial charge in [0.15, 0.2) is 0 Å². The van der Waals surface area contributed by atoms with E-state index in [2.05, 4.69) is 20.9 Å². The van der Waals surface area contributed by atoms with Crippen LogP contribution < -0.4 is 10.6 Å². The minimum absolute atomic E-state index is 0.0810. The van der Waals surface area contributed by atoms with Crippen LogP contribution in [-0.2, 0) is 43.2 Å². The Labute approximate surface area is 249 Å². The lowest BCUT2D eigenvalue weighted by molar-refractivity contribution is -0.136. The number of alkyl carbamates (subject to hydrolysis) is 1. The monoisotopic (exact) mass is 598 g/mol. The molecule has 14 heteroatoms. The van der Waals surface area contributed by atoms with Crippen molar-refractivity contribution in [3.8, 4) is 0 Å². The molecule has 0 bridgehead atoms. The van der Waals surface area contributed by atoms with Crippen molar-refractivity contribution in [3.05, 3.63) is 46.8 Å². The van der Waals surface area contributed by atoms with E-state index in [0.717, 1.165) is 22.6 Å². The van der Waals surface area contributed by atoms with Crippen LogP contribution in [0.25, 0.3) is 0 Å². The van der Waals surface area contributed by atoms with Crippen LogP contribution in [0.15, 0.2) is 24.4 Å². The van der Waals surface area contributed by atoms with Crippen molar-refractivity contribution >= 4 is 29.7 Å². The van der Waals surface area contributed by atoms with E-state index in [4.69, 9.17) is 14.2 Å². The number of piperidine rings is 1. The van der Waals surface area contributed by atoms with Gasteiger partial charge < -0.3 is 19.5 Å². The third kappa shape index (κ3) is 8.67. The van der Waals surface area contributed by atoms with Crippen molar-refractivity contribution in [1.82, 2.24) is 30.5 Å². The number of carbonyl (C=O) groups is 5. The average Bonchev–Trinajstić information content (AvgIpc) is 3.48. The topological polar surface area (TPSA) is 171 Å². The van der Waals surface area contributed by atoms with Crippen LogP contribution in [0.2, 0.25) is 0 Å². The lowest BCUT2D eigenvalue weighted by Gasteiger charge is -2.27. The molecule has 1 saturated heterocycles. The van der Waals surface area contributed by atoms with Gasteiger partial charge in [-0.2, -0.15) is 0 Å². The van der Waals surface area contributed by atoms with Crippen molar-refractivity contribution < 1.29 is 38.2 Å². The van der Waals surface area contributed by atoms with E-state index in [1.807, 2.05) is 6.07 Å². The standard InChI is InChI=1S/C29H38N6O8/c1-29(2,3)43-28(40)30-11-13-41-15-16-42-14-12-34-20(18-31-33-34)6-4-5-19-7-8-21-22(17-19)27(39)35(26(21)38)23-9-10-24(36)32-25(23)37/h7-8,17-18,23H,4-6,9-16H2,1-3H3,(H,30,40)(H,32,36,37). The van der Waals surface area contributed by atoms with E-state index in [1.165, 1.54) is 0 Å². The van der Waals surface area contributed by atoms with Gasteiger partial charge in [0.2, 0.25) is 11.8 Å². The molecule has 0 spiro atoms. The number of fused-ring (bicyclic) bond motifs is 1. The predicted molar refractivity (Wildman–Crippen MR) is 151 cm³/mol. The summed E-state index contributed by atoms with van der Waals surface area (Å²) in [5, 5.41) is 13.0. The number of imide groups is 2. The second-order valence-electron chi connectivity index (χ2n) is 11.3. The molecule has 1 fully saturated rings. The van der Waals surface area contributed by atoms with Crippen molar-refractivity contribution in [2.45, 2.75) is 71.1 Å². The summed E-state index contributed by atoms with van der Waals surface area (Å²) >= 11 is 0. The molecule has 4 rings (SSSR count). The molecule has 232 valence electrons. The van der Waals surface area contributed by atoms with E-state index < -0.39 is 41.4 Å². The number of nitrogens with one attached hydrogen (secondary N) is 2. The lowest BCUT2D eigenvalue weighted by Crippen LogP contribution is -2.54. The van der Waals surface area contributed by atoms with Crippen LogP contribution in [0.1, 0.15) is 72.0 Å². The van der Waals surface area contributed by atoms with Crippen molar-refractivity contribution in [1.29, 1.82) is 0 Å². The molecule has 2 aromatic rings. The smallest absolute Gasteiger partial charge is 0.407 e.